The van der Waals surface area contributed by atoms with Crippen LogP contribution in [0.2, 0.25) is 0 Å². The summed E-state index contributed by atoms with van der Waals surface area (Å²) in [6, 6.07) is 8.12. The van der Waals surface area contributed by atoms with Crippen LogP contribution in [0.4, 0.5) is 0 Å². The molecule has 100 valence electrons. The van der Waals surface area contributed by atoms with Crippen LogP contribution in [0.15, 0.2) is 28.8 Å². The smallest absolute Gasteiger partial charge is 0.234 e. The van der Waals surface area contributed by atoms with Crippen molar-refractivity contribution < 1.29 is 9.26 Å². The van der Waals surface area contributed by atoms with Crippen molar-refractivity contribution in [2.75, 3.05) is 13.2 Å². The molecule has 0 saturated carbocycles. The van der Waals surface area contributed by atoms with Gasteiger partial charge in [0.25, 0.3) is 0 Å². The maximum atomic E-state index is 5.94. The van der Waals surface area contributed by atoms with Crippen LogP contribution in [-0.4, -0.2) is 29.4 Å². The minimum Gasteiger partial charge on any atom is -0.379 e. The summed E-state index contributed by atoms with van der Waals surface area (Å²) in [7, 11) is 0. The van der Waals surface area contributed by atoms with E-state index in [0.717, 1.165) is 12.0 Å². The van der Waals surface area contributed by atoms with Gasteiger partial charge in [0.1, 0.15) is 0 Å². The first kappa shape index (κ1) is 12.3. The Hall–Kier alpha value is -1.72. The van der Waals surface area contributed by atoms with E-state index in [0.29, 0.717) is 24.9 Å². The quantitative estimate of drug-likeness (QED) is 0.908. The zero-order valence-corrected chi connectivity index (χ0v) is 10.9. The third-order valence-electron chi connectivity index (χ3n) is 3.50. The van der Waals surface area contributed by atoms with Crippen LogP contribution in [0, 0.1) is 0 Å². The van der Waals surface area contributed by atoms with Crippen LogP contribution >= 0.6 is 0 Å². The molecule has 1 aliphatic heterocycles. The lowest BCUT2D eigenvalue weighted by Gasteiger charge is -2.06. The Labute approximate surface area is 111 Å². The molecule has 0 amide bonds. The average Bonchev–Trinajstić information content (AvgIpc) is 3.07. The molecule has 0 radical (unpaired) electrons. The molecular weight excluding hydrogens is 242 g/mol. The maximum absolute atomic E-state index is 5.94. The second-order valence-electron chi connectivity index (χ2n) is 4.81. The van der Waals surface area contributed by atoms with Gasteiger partial charge < -0.3 is 15.0 Å². The van der Waals surface area contributed by atoms with Gasteiger partial charge in [0, 0.05) is 11.6 Å². The van der Waals surface area contributed by atoms with Crippen LogP contribution in [0.3, 0.4) is 0 Å². The molecule has 1 aromatic carbocycles. The van der Waals surface area contributed by atoms with Crippen molar-refractivity contribution in [1.29, 1.82) is 0 Å². The van der Waals surface area contributed by atoms with Crippen LogP contribution in [0.5, 0.6) is 0 Å². The number of benzene rings is 1. The molecule has 2 unspecified atom stereocenters. The molecule has 1 fully saturated rings. The fraction of sp³-hybridized carbons (Fsp3) is 0.429. The first-order valence-electron chi connectivity index (χ1n) is 6.54. The standard InChI is InChI=1S/C14H17N3O2/c1-2-9-3-5-10(6-4-9)13-16-14(19-17-13)11-7-18-8-12(11)15/h3-6,11-12H,2,7-8,15H2,1H3. The normalized spacial score (nSPS) is 22.8. The minimum atomic E-state index is -0.0595. The Morgan fingerprint density at radius 3 is 2.68 bits per heavy atom. The van der Waals surface area contributed by atoms with Crippen molar-refractivity contribution in [2.24, 2.45) is 5.73 Å². The third-order valence-corrected chi connectivity index (χ3v) is 3.50. The van der Waals surface area contributed by atoms with Gasteiger partial charge in [0.2, 0.25) is 11.7 Å². The van der Waals surface area contributed by atoms with Crippen LogP contribution in [0.25, 0.3) is 11.4 Å². The van der Waals surface area contributed by atoms with Crippen molar-refractivity contribution >= 4 is 0 Å². The minimum absolute atomic E-state index is 0.0103. The lowest BCUT2D eigenvalue weighted by atomic mass is 10.1. The molecule has 2 heterocycles. The zero-order valence-electron chi connectivity index (χ0n) is 10.9. The van der Waals surface area contributed by atoms with Crippen molar-refractivity contribution in [1.82, 2.24) is 10.1 Å². The summed E-state index contributed by atoms with van der Waals surface area (Å²) in [5.74, 6) is 1.19. The van der Waals surface area contributed by atoms with Gasteiger partial charge in [0.15, 0.2) is 0 Å². The molecule has 5 heteroatoms. The Kier molecular flexibility index (Phi) is 3.31. The second-order valence-corrected chi connectivity index (χ2v) is 4.81. The topological polar surface area (TPSA) is 74.2 Å². The number of rotatable bonds is 3. The fourth-order valence-corrected chi connectivity index (χ4v) is 2.22. The molecule has 19 heavy (non-hydrogen) atoms. The molecule has 2 aromatic rings. The average molecular weight is 259 g/mol. The summed E-state index contributed by atoms with van der Waals surface area (Å²) in [6.45, 7) is 3.23. The lowest BCUT2D eigenvalue weighted by Crippen LogP contribution is -2.26. The van der Waals surface area contributed by atoms with Gasteiger partial charge in [-0.1, -0.05) is 36.3 Å². The predicted molar refractivity (Wildman–Crippen MR) is 70.6 cm³/mol. The number of ether oxygens (including phenoxy) is 1. The van der Waals surface area contributed by atoms with Crippen LogP contribution in [0.1, 0.15) is 24.3 Å². The molecule has 3 rings (SSSR count). The van der Waals surface area contributed by atoms with Gasteiger partial charge in [-0.3, -0.25) is 0 Å². The van der Waals surface area contributed by atoms with E-state index >= 15 is 0 Å². The molecule has 5 nitrogen and oxygen atoms in total. The number of aryl methyl sites for hydroxylation is 1. The number of aromatic nitrogens is 2. The number of nitrogens with zero attached hydrogens (tertiary/aromatic N) is 2. The highest BCUT2D eigenvalue weighted by Gasteiger charge is 2.31. The molecule has 0 spiro atoms. The summed E-state index contributed by atoms with van der Waals surface area (Å²) in [5.41, 5.74) is 8.19. The molecule has 1 aliphatic rings. The summed E-state index contributed by atoms with van der Waals surface area (Å²) >= 11 is 0. The van der Waals surface area contributed by atoms with E-state index in [2.05, 4.69) is 29.2 Å². The van der Waals surface area contributed by atoms with E-state index in [9.17, 15) is 0 Å². The summed E-state index contributed by atoms with van der Waals surface area (Å²) < 4.78 is 10.6. The Morgan fingerprint density at radius 2 is 2.05 bits per heavy atom. The largest absolute Gasteiger partial charge is 0.379 e. The fourth-order valence-electron chi connectivity index (χ4n) is 2.22. The predicted octanol–water partition coefficient (Wildman–Crippen LogP) is 1.74. The summed E-state index contributed by atoms with van der Waals surface area (Å²) in [5, 5.41) is 4.02. The summed E-state index contributed by atoms with van der Waals surface area (Å²) in [6.07, 6.45) is 1.02. The van der Waals surface area contributed by atoms with Gasteiger partial charge in [-0.15, -0.1) is 0 Å². The second kappa shape index (κ2) is 5.11. The molecule has 0 bridgehead atoms. The SMILES string of the molecule is CCc1ccc(-c2noc(C3COCC3N)n2)cc1. The van der Waals surface area contributed by atoms with Crippen molar-refractivity contribution in [3.8, 4) is 11.4 Å². The molecule has 2 N–H and O–H groups in total. The first-order valence-corrected chi connectivity index (χ1v) is 6.54. The van der Waals surface area contributed by atoms with E-state index in [-0.39, 0.29) is 12.0 Å². The Morgan fingerprint density at radius 1 is 1.26 bits per heavy atom. The van der Waals surface area contributed by atoms with Crippen LogP contribution in [-0.2, 0) is 11.2 Å². The molecule has 1 aromatic heterocycles. The van der Waals surface area contributed by atoms with Gasteiger partial charge in [-0.25, -0.2) is 0 Å². The summed E-state index contributed by atoms with van der Waals surface area (Å²) in [4.78, 5) is 4.43. The Balaban J connectivity index is 1.83. The highest BCUT2D eigenvalue weighted by molar-refractivity contribution is 5.54. The van der Waals surface area contributed by atoms with E-state index in [1.165, 1.54) is 5.56 Å². The van der Waals surface area contributed by atoms with E-state index in [1.54, 1.807) is 0 Å². The number of nitrogens with two attached hydrogens (primary N) is 1. The van der Waals surface area contributed by atoms with E-state index in [1.807, 2.05) is 12.1 Å². The zero-order chi connectivity index (χ0) is 13.2. The van der Waals surface area contributed by atoms with E-state index < -0.39 is 0 Å². The van der Waals surface area contributed by atoms with Crippen molar-refractivity contribution in [3.05, 3.63) is 35.7 Å². The number of hydrogen-bond acceptors (Lipinski definition) is 5. The molecule has 1 saturated heterocycles. The first-order chi connectivity index (χ1) is 9.28. The molecule has 0 aliphatic carbocycles. The Bertz CT molecular complexity index is 550. The van der Waals surface area contributed by atoms with Crippen molar-refractivity contribution in [2.45, 2.75) is 25.3 Å². The van der Waals surface area contributed by atoms with Gasteiger partial charge in [0.05, 0.1) is 19.1 Å². The van der Waals surface area contributed by atoms with E-state index in [4.69, 9.17) is 15.0 Å². The number of hydrogen-bond donors (Lipinski definition) is 1. The maximum Gasteiger partial charge on any atom is 0.234 e. The lowest BCUT2D eigenvalue weighted by molar-refractivity contribution is 0.187. The highest BCUT2D eigenvalue weighted by Crippen LogP contribution is 2.25. The van der Waals surface area contributed by atoms with Gasteiger partial charge >= 0.3 is 0 Å². The third kappa shape index (κ3) is 2.39. The van der Waals surface area contributed by atoms with Gasteiger partial charge in [-0.05, 0) is 12.0 Å². The monoisotopic (exact) mass is 259 g/mol. The van der Waals surface area contributed by atoms with Gasteiger partial charge in [-0.2, -0.15) is 4.98 Å². The van der Waals surface area contributed by atoms with Crippen molar-refractivity contribution in [3.63, 3.8) is 0 Å². The van der Waals surface area contributed by atoms with Crippen LogP contribution < -0.4 is 5.73 Å². The molecule has 2 atom stereocenters. The highest BCUT2D eigenvalue weighted by atomic mass is 16.5. The molecular formula is C14H17N3O2.